The summed E-state index contributed by atoms with van der Waals surface area (Å²) in [6, 6.07) is 7.60. The van der Waals surface area contributed by atoms with Crippen molar-refractivity contribution in [2.75, 3.05) is 18.0 Å². The summed E-state index contributed by atoms with van der Waals surface area (Å²) in [6.07, 6.45) is 3.88. The molecule has 1 aliphatic rings. The van der Waals surface area contributed by atoms with Gasteiger partial charge in [-0.15, -0.1) is 0 Å². The standard InChI is InChI=1S/C17H19ClN4O/c1-12-16(13-4-2-3-5-14(13)18)20-10-15(21-12)22-8-6-17(19,11-23)7-9-22/h2-5,10-11H,6-9,19H2,1H3. The van der Waals surface area contributed by atoms with Crippen molar-refractivity contribution < 1.29 is 4.79 Å². The van der Waals surface area contributed by atoms with E-state index in [4.69, 9.17) is 17.3 Å². The number of anilines is 1. The van der Waals surface area contributed by atoms with Gasteiger partial charge in [-0.3, -0.25) is 4.98 Å². The molecule has 120 valence electrons. The highest BCUT2D eigenvalue weighted by atomic mass is 35.5. The van der Waals surface area contributed by atoms with E-state index >= 15 is 0 Å². The van der Waals surface area contributed by atoms with Crippen LogP contribution >= 0.6 is 11.6 Å². The highest BCUT2D eigenvalue weighted by molar-refractivity contribution is 6.33. The number of halogens is 1. The van der Waals surface area contributed by atoms with Crippen LogP contribution in [0, 0.1) is 6.92 Å². The van der Waals surface area contributed by atoms with Crippen molar-refractivity contribution in [1.82, 2.24) is 9.97 Å². The van der Waals surface area contributed by atoms with E-state index in [0.717, 1.165) is 29.1 Å². The number of nitrogens with zero attached hydrogens (tertiary/aromatic N) is 3. The van der Waals surface area contributed by atoms with Crippen LogP contribution < -0.4 is 10.6 Å². The largest absolute Gasteiger partial charge is 0.355 e. The zero-order valence-electron chi connectivity index (χ0n) is 13.0. The molecule has 2 aromatic rings. The summed E-state index contributed by atoms with van der Waals surface area (Å²) in [5.41, 5.74) is 7.80. The second kappa shape index (κ2) is 6.26. The van der Waals surface area contributed by atoms with Gasteiger partial charge in [-0.05, 0) is 25.8 Å². The molecule has 0 bridgehead atoms. The van der Waals surface area contributed by atoms with Gasteiger partial charge in [0.25, 0.3) is 0 Å². The molecule has 0 radical (unpaired) electrons. The van der Waals surface area contributed by atoms with Crippen LogP contribution in [-0.2, 0) is 4.79 Å². The van der Waals surface area contributed by atoms with Crippen molar-refractivity contribution >= 4 is 23.7 Å². The Bertz CT molecular complexity index is 726. The van der Waals surface area contributed by atoms with Crippen LogP contribution in [0.5, 0.6) is 0 Å². The van der Waals surface area contributed by atoms with E-state index in [0.29, 0.717) is 31.0 Å². The molecule has 1 aromatic carbocycles. The van der Waals surface area contributed by atoms with Crippen LogP contribution in [0.25, 0.3) is 11.3 Å². The Kier molecular flexibility index (Phi) is 4.33. The number of hydrogen-bond donors (Lipinski definition) is 1. The molecule has 5 nitrogen and oxygen atoms in total. The van der Waals surface area contributed by atoms with E-state index in [1.807, 2.05) is 31.2 Å². The molecule has 1 aliphatic heterocycles. The Labute approximate surface area is 140 Å². The first kappa shape index (κ1) is 15.9. The predicted molar refractivity (Wildman–Crippen MR) is 91.6 cm³/mol. The number of benzene rings is 1. The average molecular weight is 331 g/mol. The summed E-state index contributed by atoms with van der Waals surface area (Å²) >= 11 is 6.24. The van der Waals surface area contributed by atoms with Crippen LogP contribution in [-0.4, -0.2) is 34.9 Å². The molecular formula is C17H19ClN4O. The molecule has 1 fully saturated rings. The Morgan fingerprint density at radius 2 is 2.00 bits per heavy atom. The first-order valence-electron chi connectivity index (χ1n) is 7.61. The van der Waals surface area contributed by atoms with Gasteiger partial charge < -0.3 is 15.4 Å². The minimum Gasteiger partial charge on any atom is -0.355 e. The number of carbonyl (C=O) groups is 1. The summed E-state index contributed by atoms with van der Waals surface area (Å²) in [5, 5.41) is 0.662. The van der Waals surface area contributed by atoms with Gasteiger partial charge in [0, 0.05) is 18.7 Å². The third kappa shape index (κ3) is 3.21. The molecule has 1 saturated heterocycles. The van der Waals surface area contributed by atoms with Crippen LogP contribution in [0.15, 0.2) is 30.5 Å². The van der Waals surface area contributed by atoms with E-state index in [1.54, 1.807) is 6.20 Å². The van der Waals surface area contributed by atoms with Crippen LogP contribution in [0.3, 0.4) is 0 Å². The minimum atomic E-state index is -0.698. The second-order valence-electron chi connectivity index (χ2n) is 5.98. The third-order valence-corrected chi connectivity index (χ3v) is 4.65. The smallest absolute Gasteiger partial charge is 0.147 e. The molecule has 0 unspecified atom stereocenters. The highest BCUT2D eigenvalue weighted by Crippen LogP contribution is 2.29. The number of piperidine rings is 1. The molecule has 23 heavy (non-hydrogen) atoms. The quantitative estimate of drug-likeness (QED) is 0.876. The summed E-state index contributed by atoms with van der Waals surface area (Å²) in [7, 11) is 0. The van der Waals surface area contributed by atoms with E-state index in [9.17, 15) is 4.79 Å². The molecular weight excluding hydrogens is 312 g/mol. The number of carbonyl (C=O) groups excluding carboxylic acids is 1. The van der Waals surface area contributed by atoms with E-state index in [1.165, 1.54) is 0 Å². The van der Waals surface area contributed by atoms with Gasteiger partial charge in [0.2, 0.25) is 0 Å². The van der Waals surface area contributed by atoms with Crippen molar-refractivity contribution in [2.24, 2.45) is 5.73 Å². The fourth-order valence-electron chi connectivity index (χ4n) is 2.81. The highest BCUT2D eigenvalue weighted by Gasteiger charge is 2.30. The van der Waals surface area contributed by atoms with Crippen molar-refractivity contribution in [3.05, 3.63) is 41.2 Å². The average Bonchev–Trinajstić information content (AvgIpc) is 2.56. The lowest BCUT2D eigenvalue weighted by Gasteiger charge is -2.36. The normalized spacial score (nSPS) is 17.1. The molecule has 0 amide bonds. The molecule has 6 heteroatoms. The Hall–Kier alpha value is -1.98. The van der Waals surface area contributed by atoms with E-state index in [-0.39, 0.29) is 0 Å². The number of aldehydes is 1. The van der Waals surface area contributed by atoms with Crippen LogP contribution in [0.2, 0.25) is 5.02 Å². The summed E-state index contributed by atoms with van der Waals surface area (Å²) in [4.78, 5) is 22.4. The first-order chi connectivity index (χ1) is 11.0. The maximum atomic E-state index is 11.0. The summed E-state index contributed by atoms with van der Waals surface area (Å²) in [5.74, 6) is 0.811. The summed E-state index contributed by atoms with van der Waals surface area (Å²) < 4.78 is 0. The lowest BCUT2D eigenvalue weighted by Crippen LogP contribution is -2.51. The van der Waals surface area contributed by atoms with Crippen LogP contribution in [0.1, 0.15) is 18.5 Å². The lowest BCUT2D eigenvalue weighted by molar-refractivity contribution is -0.112. The number of nitrogens with two attached hydrogens (primary N) is 1. The maximum absolute atomic E-state index is 11.0. The fourth-order valence-corrected chi connectivity index (χ4v) is 3.03. The van der Waals surface area contributed by atoms with Crippen molar-refractivity contribution in [2.45, 2.75) is 25.3 Å². The third-order valence-electron chi connectivity index (χ3n) is 4.32. The van der Waals surface area contributed by atoms with Crippen molar-refractivity contribution in [1.29, 1.82) is 0 Å². The Balaban J connectivity index is 1.83. The Morgan fingerprint density at radius 1 is 1.30 bits per heavy atom. The van der Waals surface area contributed by atoms with Gasteiger partial charge in [-0.25, -0.2) is 4.98 Å². The summed E-state index contributed by atoms with van der Waals surface area (Å²) in [6.45, 7) is 3.33. The fraction of sp³-hybridized carbons (Fsp3) is 0.353. The van der Waals surface area contributed by atoms with Crippen molar-refractivity contribution in [3.63, 3.8) is 0 Å². The first-order valence-corrected chi connectivity index (χ1v) is 7.99. The van der Waals surface area contributed by atoms with Gasteiger partial charge in [0.15, 0.2) is 0 Å². The number of hydrogen-bond acceptors (Lipinski definition) is 5. The second-order valence-corrected chi connectivity index (χ2v) is 6.39. The zero-order chi connectivity index (χ0) is 16.4. The van der Waals surface area contributed by atoms with Gasteiger partial charge in [-0.1, -0.05) is 29.8 Å². The molecule has 3 rings (SSSR count). The number of aryl methyl sites for hydroxylation is 1. The number of rotatable bonds is 3. The molecule has 0 aliphatic carbocycles. The van der Waals surface area contributed by atoms with Gasteiger partial charge in [0.1, 0.15) is 12.1 Å². The molecule has 1 aromatic heterocycles. The zero-order valence-corrected chi connectivity index (χ0v) is 13.8. The van der Waals surface area contributed by atoms with E-state index in [2.05, 4.69) is 14.9 Å². The van der Waals surface area contributed by atoms with Crippen LogP contribution in [0.4, 0.5) is 5.82 Å². The lowest BCUT2D eigenvalue weighted by atomic mass is 9.90. The Morgan fingerprint density at radius 3 is 2.61 bits per heavy atom. The molecule has 0 saturated carbocycles. The van der Waals surface area contributed by atoms with E-state index < -0.39 is 5.54 Å². The topological polar surface area (TPSA) is 72.1 Å². The van der Waals surface area contributed by atoms with Crippen molar-refractivity contribution in [3.8, 4) is 11.3 Å². The predicted octanol–water partition coefficient (Wildman–Crippen LogP) is 2.60. The molecule has 2 N–H and O–H groups in total. The molecule has 0 spiro atoms. The van der Waals surface area contributed by atoms with Gasteiger partial charge in [-0.2, -0.15) is 0 Å². The molecule has 2 heterocycles. The molecule has 0 atom stereocenters. The minimum absolute atomic E-state index is 0.628. The van der Waals surface area contributed by atoms with Gasteiger partial charge >= 0.3 is 0 Å². The number of aromatic nitrogens is 2. The monoisotopic (exact) mass is 330 g/mol. The SMILES string of the molecule is Cc1nc(N2CCC(N)(C=O)CC2)cnc1-c1ccccc1Cl. The maximum Gasteiger partial charge on any atom is 0.147 e. The van der Waals surface area contributed by atoms with Gasteiger partial charge in [0.05, 0.1) is 28.1 Å².